The van der Waals surface area contributed by atoms with Crippen LogP contribution in [0, 0.1) is 6.92 Å². The van der Waals surface area contributed by atoms with Crippen molar-refractivity contribution in [1.29, 1.82) is 0 Å². The van der Waals surface area contributed by atoms with Gasteiger partial charge in [-0.2, -0.15) is 0 Å². The van der Waals surface area contributed by atoms with Crippen LogP contribution < -0.4 is 5.32 Å². The molecule has 2 rings (SSSR count). The molecule has 1 N–H and O–H groups in total. The van der Waals surface area contributed by atoms with Gasteiger partial charge in [-0.15, -0.1) is 11.3 Å². The van der Waals surface area contributed by atoms with Crippen LogP contribution >= 0.6 is 11.3 Å². The smallest absolute Gasteiger partial charge is 0.413 e. The SMILES string of the molecule is CCOC(=O)Nc1nc(-c2ccc(C)cc2)cs1. The number of thiazole rings is 1. The number of carbonyl (C=O) groups is 1. The maximum atomic E-state index is 11.2. The van der Waals surface area contributed by atoms with Crippen LogP contribution in [0.15, 0.2) is 29.6 Å². The molecule has 0 bridgehead atoms. The second-order valence-corrected chi connectivity index (χ2v) is 4.61. The lowest BCUT2D eigenvalue weighted by molar-refractivity contribution is 0.168. The van der Waals surface area contributed by atoms with E-state index in [-0.39, 0.29) is 0 Å². The number of benzene rings is 1. The second-order valence-electron chi connectivity index (χ2n) is 3.75. The number of rotatable bonds is 3. The molecule has 0 unspecified atom stereocenters. The summed E-state index contributed by atoms with van der Waals surface area (Å²) in [6.07, 6.45) is -0.470. The lowest BCUT2D eigenvalue weighted by Gasteiger charge is -2.00. The van der Waals surface area contributed by atoms with Crippen LogP contribution in [-0.2, 0) is 4.74 Å². The number of nitrogens with zero attached hydrogens (tertiary/aromatic N) is 1. The van der Waals surface area contributed by atoms with Crippen LogP contribution in [0.5, 0.6) is 0 Å². The summed E-state index contributed by atoms with van der Waals surface area (Å²) in [6.45, 7) is 4.15. The van der Waals surface area contributed by atoms with E-state index in [4.69, 9.17) is 4.74 Å². The minimum Gasteiger partial charge on any atom is -0.450 e. The number of hydrogen-bond donors (Lipinski definition) is 1. The van der Waals surface area contributed by atoms with Gasteiger partial charge in [0.05, 0.1) is 12.3 Å². The average Bonchev–Trinajstić information content (AvgIpc) is 2.78. The minimum atomic E-state index is -0.470. The van der Waals surface area contributed by atoms with Gasteiger partial charge in [-0.1, -0.05) is 29.8 Å². The van der Waals surface area contributed by atoms with Crippen LogP contribution in [-0.4, -0.2) is 17.7 Å². The molecule has 1 heterocycles. The van der Waals surface area contributed by atoms with Gasteiger partial charge in [-0.3, -0.25) is 5.32 Å². The summed E-state index contributed by atoms with van der Waals surface area (Å²) in [5.41, 5.74) is 3.10. The zero-order chi connectivity index (χ0) is 13.0. The Morgan fingerprint density at radius 2 is 2.11 bits per heavy atom. The third-order valence-electron chi connectivity index (χ3n) is 2.34. The second kappa shape index (κ2) is 5.64. The van der Waals surface area contributed by atoms with E-state index >= 15 is 0 Å². The number of nitrogens with one attached hydrogen (secondary N) is 1. The fourth-order valence-corrected chi connectivity index (χ4v) is 2.15. The Kier molecular flexibility index (Phi) is 3.94. The van der Waals surface area contributed by atoms with Crippen LogP contribution in [0.1, 0.15) is 12.5 Å². The number of ether oxygens (including phenoxy) is 1. The minimum absolute atomic E-state index is 0.349. The fraction of sp³-hybridized carbons (Fsp3) is 0.231. The summed E-state index contributed by atoms with van der Waals surface area (Å²) in [5, 5.41) is 5.04. The number of aryl methyl sites for hydroxylation is 1. The fourth-order valence-electron chi connectivity index (χ4n) is 1.44. The summed E-state index contributed by atoms with van der Waals surface area (Å²) in [5.74, 6) is 0. The summed E-state index contributed by atoms with van der Waals surface area (Å²) in [4.78, 5) is 15.6. The van der Waals surface area contributed by atoms with Gasteiger partial charge in [0.25, 0.3) is 0 Å². The molecule has 5 heteroatoms. The zero-order valence-electron chi connectivity index (χ0n) is 10.3. The standard InChI is InChI=1S/C13H14N2O2S/c1-3-17-13(16)15-12-14-11(8-18-12)10-6-4-9(2)5-7-10/h4-8H,3H2,1-2H3,(H,14,15,16). The Morgan fingerprint density at radius 3 is 2.78 bits per heavy atom. The van der Waals surface area contributed by atoms with Crippen molar-refractivity contribution in [2.45, 2.75) is 13.8 Å². The molecule has 0 aliphatic heterocycles. The third-order valence-corrected chi connectivity index (χ3v) is 3.09. The molecule has 0 saturated carbocycles. The Hall–Kier alpha value is -1.88. The first-order valence-corrected chi connectivity index (χ1v) is 6.53. The molecule has 94 valence electrons. The molecule has 2 aromatic rings. The van der Waals surface area contributed by atoms with Crippen molar-refractivity contribution in [3.05, 3.63) is 35.2 Å². The molecule has 0 aliphatic carbocycles. The highest BCUT2D eigenvalue weighted by Gasteiger charge is 2.07. The molecule has 1 aromatic carbocycles. The lowest BCUT2D eigenvalue weighted by atomic mass is 10.1. The maximum Gasteiger partial charge on any atom is 0.413 e. The van der Waals surface area contributed by atoms with Crippen molar-refractivity contribution in [2.75, 3.05) is 11.9 Å². The highest BCUT2D eigenvalue weighted by molar-refractivity contribution is 7.14. The average molecular weight is 262 g/mol. The lowest BCUT2D eigenvalue weighted by Crippen LogP contribution is -2.12. The van der Waals surface area contributed by atoms with E-state index in [1.54, 1.807) is 6.92 Å². The Bertz CT molecular complexity index is 534. The first kappa shape index (κ1) is 12.6. The molecule has 4 nitrogen and oxygen atoms in total. The van der Waals surface area contributed by atoms with E-state index in [1.807, 2.05) is 36.6 Å². The van der Waals surface area contributed by atoms with Gasteiger partial charge < -0.3 is 4.74 Å². The Morgan fingerprint density at radius 1 is 1.39 bits per heavy atom. The summed E-state index contributed by atoms with van der Waals surface area (Å²) in [6, 6.07) is 8.09. The van der Waals surface area contributed by atoms with Crippen molar-refractivity contribution in [1.82, 2.24) is 4.98 Å². The summed E-state index contributed by atoms with van der Waals surface area (Å²) < 4.78 is 4.79. The summed E-state index contributed by atoms with van der Waals surface area (Å²) in [7, 11) is 0. The predicted octanol–water partition coefficient (Wildman–Crippen LogP) is 3.69. The molecule has 0 aliphatic rings. The first-order valence-electron chi connectivity index (χ1n) is 5.65. The van der Waals surface area contributed by atoms with Crippen molar-refractivity contribution >= 4 is 22.6 Å². The topological polar surface area (TPSA) is 51.2 Å². The Labute approximate surface area is 110 Å². The predicted molar refractivity (Wildman–Crippen MR) is 72.9 cm³/mol. The van der Waals surface area contributed by atoms with E-state index < -0.39 is 6.09 Å². The van der Waals surface area contributed by atoms with Crippen LogP contribution in [0.2, 0.25) is 0 Å². The number of hydrogen-bond acceptors (Lipinski definition) is 4. The van der Waals surface area contributed by atoms with E-state index in [9.17, 15) is 4.79 Å². The largest absolute Gasteiger partial charge is 0.450 e. The number of anilines is 1. The van der Waals surface area contributed by atoms with E-state index in [2.05, 4.69) is 10.3 Å². The molecular weight excluding hydrogens is 248 g/mol. The van der Waals surface area contributed by atoms with Crippen LogP contribution in [0.4, 0.5) is 9.93 Å². The molecule has 1 amide bonds. The van der Waals surface area contributed by atoms with Crippen molar-refractivity contribution in [3.8, 4) is 11.3 Å². The van der Waals surface area contributed by atoms with Gasteiger partial charge in [0, 0.05) is 10.9 Å². The molecule has 0 spiro atoms. The first-order chi connectivity index (χ1) is 8.69. The molecule has 18 heavy (non-hydrogen) atoms. The third kappa shape index (κ3) is 3.07. The monoisotopic (exact) mass is 262 g/mol. The molecule has 0 radical (unpaired) electrons. The Balaban J connectivity index is 2.10. The molecule has 0 atom stereocenters. The highest BCUT2D eigenvalue weighted by atomic mass is 32.1. The summed E-state index contributed by atoms with van der Waals surface area (Å²) >= 11 is 1.38. The quantitative estimate of drug-likeness (QED) is 0.917. The molecular formula is C13H14N2O2S. The van der Waals surface area contributed by atoms with Crippen LogP contribution in [0.25, 0.3) is 11.3 Å². The van der Waals surface area contributed by atoms with Crippen LogP contribution in [0.3, 0.4) is 0 Å². The van der Waals surface area contributed by atoms with Gasteiger partial charge in [0.1, 0.15) is 0 Å². The van der Waals surface area contributed by atoms with Crippen molar-refractivity contribution in [3.63, 3.8) is 0 Å². The number of amides is 1. The molecule has 1 aromatic heterocycles. The van der Waals surface area contributed by atoms with Gasteiger partial charge in [-0.25, -0.2) is 9.78 Å². The highest BCUT2D eigenvalue weighted by Crippen LogP contribution is 2.25. The van der Waals surface area contributed by atoms with Gasteiger partial charge in [0.15, 0.2) is 5.13 Å². The number of aromatic nitrogens is 1. The van der Waals surface area contributed by atoms with Gasteiger partial charge in [0.2, 0.25) is 0 Å². The zero-order valence-corrected chi connectivity index (χ0v) is 11.1. The van der Waals surface area contributed by atoms with E-state index in [1.165, 1.54) is 16.9 Å². The normalized spacial score (nSPS) is 10.1. The van der Waals surface area contributed by atoms with Crippen molar-refractivity contribution in [2.24, 2.45) is 0 Å². The van der Waals surface area contributed by atoms with Crippen molar-refractivity contribution < 1.29 is 9.53 Å². The van der Waals surface area contributed by atoms with Gasteiger partial charge in [-0.05, 0) is 13.8 Å². The number of carbonyl (C=O) groups excluding carboxylic acids is 1. The van der Waals surface area contributed by atoms with E-state index in [0.717, 1.165) is 11.3 Å². The maximum absolute atomic E-state index is 11.2. The molecule has 0 fully saturated rings. The van der Waals surface area contributed by atoms with Gasteiger partial charge >= 0.3 is 6.09 Å². The molecule has 0 saturated heterocycles. The van der Waals surface area contributed by atoms with E-state index in [0.29, 0.717) is 11.7 Å².